The van der Waals surface area contributed by atoms with Crippen LogP contribution in [0.25, 0.3) is 0 Å². The highest BCUT2D eigenvalue weighted by Gasteiger charge is 2.10. The number of nitrogens with one attached hydrogen (secondary N) is 1. The van der Waals surface area contributed by atoms with E-state index < -0.39 is 5.97 Å². The van der Waals surface area contributed by atoms with Crippen LogP contribution >= 0.6 is 11.6 Å². The van der Waals surface area contributed by atoms with Crippen molar-refractivity contribution in [1.29, 1.82) is 0 Å². The molecule has 0 aliphatic carbocycles. The lowest BCUT2D eigenvalue weighted by atomic mass is 10.2. The molecule has 0 aliphatic heterocycles. The number of esters is 2. The van der Waals surface area contributed by atoms with Crippen molar-refractivity contribution in [3.63, 3.8) is 0 Å². The highest BCUT2D eigenvalue weighted by molar-refractivity contribution is 6.18. The van der Waals surface area contributed by atoms with Crippen LogP contribution in [0.1, 0.15) is 71.6 Å². The number of rotatable bonds is 16. The van der Waals surface area contributed by atoms with Crippen molar-refractivity contribution in [2.24, 2.45) is 0 Å². The van der Waals surface area contributed by atoms with Gasteiger partial charge in [0.25, 0.3) is 0 Å². The molecule has 0 aromatic carbocycles. The molecule has 5 nitrogen and oxygen atoms in total. The highest BCUT2D eigenvalue weighted by atomic mass is 35.5. The van der Waals surface area contributed by atoms with Crippen LogP contribution in [0.2, 0.25) is 0 Å². The summed E-state index contributed by atoms with van der Waals surface area (Å²) in [6, 6.07) is 0. The maximum absolute atomic E-state index is 11.9. The lowest BCUT2D eigenvalue weighted by Gasteiger charge is -2.10. The molecule has 0 aromatic heterocycles. The van der Waals surface area contributed by atoms with Gasteiger partial charge in [-0.2, -0.15) is 0 Å². The van der Waals surface area contributed by atoms with Crippen LogP contribution in [-0.4, -0.2) is 37.6 Å². The zero-order chi connectivity index (χ0) is 18.8. The van der Waals surface area contributed by atoms with E-state index in [1.54, 1.807) is 0 Å². The average molecular weight is 376 g/mol. The number of hydrogen-bond acceptors (Lipinski definition) is 5. The highest BCUT2D eigenvalue weighted by Crippen LogP contribution is 2.05. The van der Waals surface area contributed by atoms with Gasteiger partial charge in [0.2, 0.25) is 0 Å². The first kappa shape index (κ1) is 23.8. The summed E-state index contributed by atoms with van der Waals surface area (Å²) in [6.07, 6.45) is 9.75. The summed E-state index contributed by atoms with van der Waals surface area (Å²) in [5.41, 5.74) is 0.484. The number of halogens is 1. The Morgan fingerprint density at radius 2 is 1.52 bits per heavy atom. The summed E-state index contributed by atoms with van der Waals surface area (Å²) < 4.78 is 10.4. The normalized spacial score (nSPS) is 11.2. The fourth-order valence-electron chi connectivity index (χ4n) is 2.18. The predicted molar refractivity (Wildman–Crippen MR) is 102 cm³/mol. The topological polar surface area (TPSA) is 64.6 Å². The minimum Gasteiger partial charge on any atom is -0.465 e. The summed E-state index contributed by atoms with van der Waals surface area (Å²) >= 11 is 5.66. The molecule has 25 heavy (non-hydrogen) atoms. The Hall–Kier alpha value is -1.23. The Bertz CT molecular complexity index is 386. The maximum atomic E-state index is 11.9. The Labute approximate surface area is 157 Å². The minimum atomic E-state index is -0.440. The lowest BCUT2D eigenvalue weighted by Crippen LogP contribution is -2.21. The monoisotopic (exact) mass is 375 g/mol. The fourth-order valence-corrected chi connectivity index (χ4v) is 2.27. The third-order valence-electron chi connectivity index (χ3n) is 3.58. The average Bonchev–Trinajstić information content (AvgIpc) is 2.59. The second-order valence-electron chi connectivity index (χ2n) is 5.97. The number of carbonyl (C=O) groups excluding carboxylic acids is 2. The first-order valence-electron chi connectivity index (χ1n) is 9.46. The van der Waals surface area contributed by atoms with Gasteiger partial charge in [-0.3, -0.25) is 4.79 Å². The SMILES string of the molecule is CCCCCCOC(=O)C=C(CC(=O)OCCCCCC)NCCCl. The molecule has 0 saturated heterocycles. The summed E-state index contributed by atoms with van der Waals surface area (Å²) in [5, 5.41) is 2.98. The van der Waals surface area contributed by atoms with Crippen molar-refractivity contribution in [2.45, 2.75) is 71.6 Å². The molecular formula is C19H34ClNO4. The van der Waals surface area contributed by atoms with Gasteiger partial charge in [0.15, 0.2) is 0 Å². The number of alkyl halides is 1. The number of hydrogen-bond donors (Lipinski definition) is 1. The van der Waals surface area contributed by atoms with Crippen LogP contribution in [0.4, 0.5) is 0 Å². The molecule has 0 rings (SSSR count). The van der Waals surface area contributed by atoms with Gasteiger partial charge < -0.3 is 14.8 Å². The molecule has 0 radical (unpaired) electrons. The molecule has 6 heteroatoms. The van der Waals surface area contributed by atoms with Crippen LogP contribution in [0, 0.1) is 0 Å². The van der Waals surface area contributed by atoms with Gasteiger partial charge in [-0.05, 0) is 12.8 Å². The maximum Gasteiger partial charge on any atom is 0.332 e. The molecule has 0 aliphatic rings. The molecule has 1 N–H and O–H groups in total. The van der Waals surface area contributed by atoms with Gasteiger partial charge in [-0.15, -0.1) is 11.6 Å². The van der Waals surface area contributed by atoms with E-state index >= 15 is 0 Å². The van der Waals surface area contributed by atoms with Gasteiger partial charge in [0.05, 0.1) is 19.6 Å². The fraction of sp³-hybridized carbons (Fsp3) is 0.789. The largest absolute Gasteiger partial charge is 0.465 e. The summed E-state index contributed by atoms with van der Waals surface area (Å²) in [7, 11) is 0. The van der Waals surface area contributed by atoms with Crippen molar-refractivity contribution < 1.29 is 19.1 Å². The molecule has 0 heterocycles. The summed E-state index contributed by atoms with van der Waals surface area (Å²) in [4.78, 5) is 23.7. The van der Waals surface area contributed by atoms with Gasteiger partial charge in [0.1, 0.15) is 0 Å². The van der Waals surface area contributed by atoms with Crippen molar-refractivity contribution in [2.75, 3.05) is 25.6 Å². The molecule has 0 unspecified atom stereocenters. The number of carbonyl (C=O) groups is 2. The Kier molecular flexibility index (Phi) is 16.7. The zero-order valence-electron chi connectivity index (χ0n) is 15.8. The second-order valence-corrected chi connectivity index (χ2v) is 6.35. The Morgan fingerprint density at radius 1 is 0.920 bits per heavy atom. The first-order valence-corrected chi connectivity index (χ1v) is 10.00. The van der Waals surface area contributed by atoms with E-state index in [-0.39, 0.29) is 12.4 Å². The molecular weight excluding hydrogens is 342 g/mol. The van der Waals surface area contributed by atoms with E-state index in [2.05, 4.69) is 19.2 Å². The number of unbranched alkanes of at least 4 members (excludes halogenated alkanes) is 6. The second kappa shape index (κ2) is 17.6. The standard InChI is InChI=1S/C19H34ClNO4/c1-3-5-7-9-13-24-18(22)15-17(21-12-11-20)16-19(23)25-14-10-8-6-4-2/h15,21H,3-14,16H2,1-2H3. The van der Waals surface area contributed by atoms with Crippen molar-refractivity contribution in [3.8, 4) is 0 Å². The summed E-state index contributed by atoms with van der Waals surface area (Å²) in [6.45, 7) is 5.56. The first-order chi connectivity index (χ1) is 12.1. The molecule has 0 fully saturated rings. The summed E-state index contributed by atoms with van der Waals surface area (Å²) in [5.74, 6) is -0.403. The van der Waals surface area contributed by atoms with E-state index in [1.165, 1.54) is 6.08 Å². The van der Waals surface area contributed by atoms with Gasteiger partial charge in [0, 0.05) is 24.2 Å². The zero-order valence-corrected chi connectivity index (χ0v) is 16.5. The van der Waals surface area contributed by atoms with E-state index in [0.29, 0.717) is 31.3 Å². The van der Waals surface area contributed by atoms with Gasteiger partial charge in [-0.1, -0.05) is 52.4 Å². The van der Waals surface area contributed by atoms with Crippen molar-refractivity contribution in [1.82, 2.24) is 5.32 Å². The van der Waals surface area contributed by atoms with Crippen LogP contribution in [0.5, 0.6) is 0 Å². The van der Waals surface area contributed by atoms with Gasteiger partial charge in [-0.25, -0.2) is 4.79 Å². The van der Waals surface area contributed by atoms with E-state index in [4.69, 9.17) is 21.1 Å². The Morgan fingerprint density at radius 3 is 2.08 bits per heavy atom. The third kappa shape index (κ3) is 16.0. The molecule has 0 aromatic rings. The van der Waals surface area contributed by atoms with Crippen LogP contribution in [0.3, 0.4) is 0 Å². The molecule has 0 spiro atoms. The minimum absolute atomic E-state index is 0.0234. The smallest absolute Gasteiger partial charge is 0.332 e. The molecule has 0 atom stereocenters. The van der Waals surface area contributed by atoms with E-state index in [9.17, 15) is 9.59 Å². The van der Waals surface area contributed by atoms with E-state index in [1.807, 2.05) is 0 Å². The molecule has 0 saturated carbocycles. The third-order valence-corrected chi connectivity index (χ3v) is 3.77. The lowest BCUT2D eigenvalue weighted by molar-refractivity contribution is -0.143. The van der Waals surface area contributed by atoms with Crippen molar-refractivity contribution >= 4 is 23.5 Å². The van der Waals surface area contributed by atoms with Crippen LogP contribution in [-0.2, 0) is 19.1 Å². The number of ether oxygens (including phenoxy) is 2. The van der Waals surface area contributed by atoms with Crippen molar-refractivity contribution in [3.05, 3.63) is 11.8 Å². The van der Waals surface area contributed by atoms with Crippen LogP contribution in [0.15, 0.2) is 11.8 Å². The van der Waals surface area contributed by atoms with E-state index in [0.717, 1.165) is 51.4 Å². The molecule has 146 valence electrons. The molecule has 0 bridgehead atoms. The Balaban J connectivity index is 4.22. The quantitative estimate of drug-likeness (QED) is 0.188. The van der Waals surface area contributed by atoms with Crippen LogP contribution < -0.4 is 5.32 Å². The van der Waals surface area contributed by atoms with Gasteiger partial charge >= 0.3 is 11.9 Å². The molecule has 0 amide bonds. The predicted octanol–water partition coefficient (Wildman–Crippen LogP) is 4.34.